The normalized spacial score (nSPS) is 21.9. The Hall–Kier alpha value is -1.24. The van der Waals surface area contributed by atoms with Crippen LogP contribution in [0.25, 0.3) is 9.88 Å². The zero-order valence-electron chi connectivity index (χ0n) is 10.2. The number of aromatic nitrogens is 1. The van der Waals surface area contributed by atoms with Crippen molar-refractivity contribution >= 4 is 28.6 Å². The number of aliphatic hydroxyl groups is 1. The van der Waals surface area contributed by atoms with Gasteiger partial charge >= 0.3 is 0 Å². The van der Waals surface area contributed by atoms with Crippen LogP contribution in [-0.4, -0.2) is 28.6 Å². The Balaban J connectivity index is 1.58. The molecule has 1 fully saturated rings. The van der Waals surface area contributed by atoms with E-state index in [1.165, 1.54) is 11.3 Å². The van der Waals surface area contributed by atoms with E-state index in [-0.39, 0.29) is 12.0 Å². The van der Waals surface area contributed by atoms with Crippen LogP contribution >= 0.6 is 22.7 Å². The molecular formula is C13H14N2O2S2. The molecule has 4 nitrogen and oxygen atoms in total. The van der Waals surface area contributed by atoms with Gasteiger partial charge in [0.2, 0.25) is 0 Å². The largest absolute Gasteiger partial charge is 0.393 e. The molecule has 6 heteroatoms. The van der Waals surface area contributed by atoms with Gasteiger partial charge in [0.15, 0.2) is 0 Å². The van der Waals surface area contributed by atoms with E-state index in [0.29, 0.717) is 18.2 Å². The van der Waals surface area contributed by atoms with Gasteiger partial charge in [-0.25, -0.2) is 4.98 Å². The Morgan fingerprint density at radius 3 is 3.00 bits per heavy atom. The minimum atomic E-state index is -0.174. The Labute approximate surface area is 119 Å². The predicted octanol–water partition coefficient (Wildman–Crippen LogP) is 2.37. The van der Waals surface area contributed by atoms with Crippen LogP contribution in [-0.2, 0) is 0 Å². The van der Waals surface area contributed by atoms with Gasteiger partial charge in [-0.1, -0.05) is 6.07 Å². The summed E-state index contributed by atoms with van der Waals surface area (Å²) in [5.41, 5.74) is 0.480. The lowest BCUT2D eigenvalue weighted by Crippen LogP contribution is -2.38. The number of aliphatic hydroxyl groups excluding tert-OH is 1. The molecule has 0 aliphatic heterocycles. The molecule has 0 saturated heterocycles. The van der Waals surface area contributed by atoms with E-state index in [1.807, 2.05) is 17.5 Å². The molecular weight excluding hydrogens is 280 g/mol. The summed E-state index contributed by atoms with van der Waals surface area (Å²) < 4.78 is 0. The highest BCUT2D eigenvalue weighted by molar-refractivity contribution is 7.20. The second-order valence-corrected chi connectivity index (χ2v) is 6.52. The summed E-state index contributed by atoms with van der Waals surface area (Å²) in [6, 6.07) is 3.98. The smallest absolute Gasteiger partial charge is 0.270 e. The van der Waals surface area contributed by atoms with Crippen LogP contribution in [0.1, 0.15) is 23.3 Å². The number of nitrogens with zero attached hydrogens (tertiary/aromatic N) is 1. The lowest BCUT2D eigenvalue weighted by atomic mass is 9.82. The molecule has 2 heterocycles. The minimum Gasteiger partial charge on any atom is -0.393 e. The first-order chi connectivity index (χ1) is 9.22. The van der Waals surface area contributed by atoms with Gasteiger partial charge in [-0.3, -0.25) is 4.79 Å². The van der Waals surface area contributed by atoms with E-state index in [0.717, 1.165) is 22.7 Å². The number of thiazole rings is 1. The first-order valence-corrected chi connectivity index (χ1v) is 7.94. The molecule has 3 rings (SSSR count). The molecule has 1 amide bonds. The average molecular weight is 294 g/mol. The SMILES string of the molecule is O=C(NCC1CC(O)C1)c1csc(-c2cccs2)n1. The molecule has 1 aliphatic rings. The maximum Gasteiger partial charge on any atom is 0.270 e. The standard InChI is InChI=1S/C13H14N2O2S2/c16-9-4-8(5-9)6-14-12(17)10-7-19-13(15-10)11-2-1-3-18-11/h1-3,7-9,16H,4-6H2,(H,14,17). The van der Waals surface area contributed by atoms with Crippen molar-refractivity contribution in [1.29, 1.82) is 0 Å². The first-order valence-electron chi connectivity index (χ1n) is 6.18. The zero-order chi connectivity index (χ0) is 13.2. The number of hydrogen-bond acceptors (Lipinski definition) is 5. The van der Waals surface area contributed by atoms with Crippen LogP contribution in [0.5, 0.6) is 0 Å². The predicted molar refractivity (Wildman–Crippen MR) is 76.5 cm³/mol. The summed E-state index contributed by atoms with van der Waals surface area (Å²) in [5, 5.41) is 16.7. The molecule has 2 aromatic heterocycles. The molecule has 100 valence electrons. The Bertz CT molecular complexity index is 559. The highest BCUT2D eigenvalue weighted by atomic mass is 32.1. The van der Waals surface area contributed by atoms with Crippen LogP contribution in [0.4, 0.5) is 0 Å². The van der Waals surface area contributed by atoms with E-state index >= 15 is 0 Å². The number of nitrogens with one attached hydrogen (secondary N) is 1. The van der Waals surface area contributed by atoms with Crippen molar-refractivity contribution in [3.63, 3.8) is 0 Å². The molecule has 2 N–H and O–H groups in total. The van der Waals surface area contributed by atoms with Gasteiger partial charge in [-0.2, -0.15) is 0 Å². The summed E-state index contributed by atoms with van der Waals surface area (Å²) in [6.45, 7) is 0.627. The second kappa shape index (κ2) is 5.40. The Kier molecular flexibility index (Phi) is 3.63. The van der Waals surface area contributed by atoms with Crippen molar-refractivity contribution < 1.29 is 9.90 Å². The quantitative estimate of drug-likeness (QED) is 0.910. The fourth-order valence-corrected chi connectivity index (χ4v) is 3.70. The fraction of sp³-hybridized carbons (Fsp3) is 0.385. The van der Waals surface area contributed by atoms with E-state index in [2.05, 4.69) is 10.3 Å². The van der Waals surface area contributed by atoms with Crippen molar-refractivity contribution in [3.8, 4) is 9.88 Å². The highest BCUT2D eigenvalue weighted by Gasteiger charge is 2.27. The second-order valence-electron chi connectivity index (χ2n) is 4.72. The van der Waals surface area contributed by atoms with E-state index in [1.54, 1.807) is 16.7 Å². The van der Waals surface area contributed by atoms with Crippen molar-refractivity contribution in [1.82, 2.24) is 10.3 Å². The summed E-state index contributed by atoms with van der Waals surface area (Å²) in [6.07, 6.45) is 1.40. The van der Waals surface area contributed by atoms with Crippen molar-refractivity contribution in [2.24, 2.45) is 5.92 Å². The molecule has 1 saturated carbocycles. The zero-order valence-corrected chi connectivity index (χ0v) is 11.8. The maximum absolute atomic E-state index is 11.9. The molecule has 0 radical (unpaired) electrons. The van der Waals surface area contributed by atoms with Gasteiger partial charge in [0.1, 0.15) is 10.7 Å². The third-order valence-electron chi connectivity index (χ3n) is 3.23. The fourth-order valence-electron chi connectivity index (χ4n) is 2.09. The first kappa shape index (κ1) is 12.8. The molecule has 0 aromatic carbocycles. The molecule has 0 spiro atoms. The van der Waals surface area contributed by atoms with Gasteiger partial charge in [0.25, 0.3) is 5.91 Å². The Morgan fingerprint density at radius 2 is 2.32 bits per heavy atom. The van der Waals surface area contributed by atoms with E-state index in [4.69, 9.17) is 0 Å². The number of carbonyl (C=O) groups excluding carboxylic acids is 1. The highest BCUT2D eigenvalue weighted by Crippen LogP contribution is 2.28. The summed E-state index contributed by atoms with van der Waals surface area (Å²) in [4.78, 5) is 17.4. The Morgan fingerprint density at radius 1 is 1.47 bits per heavy atom. The van der Waals surface area contributed by atoms with Crippen LogP contribution in [0, 0.1) is 5.92 Å². The van der Waals surface area contributed by atoms with Gasteiger partial charge in [0, 0.05) is 11.9 Å². The number of thiophene rings is 1. The molecule has 2 aromatic rings. The summed E-state index contributed by atoms with van der Waals surface area (Å²) in [7, 11) is 0. The van der Waals surface area contributed by atoms with Crippen molar-refractivity contribution in [2.75, 3.05) is 6.54 Å². The summed E-state index contributed by atoms with van der Waals surface area (Å²) in [5.74, 6) is 0.287. The molecule has 0 atom stereocenters. The topological polar surface area (TPSA) is 62.2 Å². The van der Waals surface area contributed by atoms with Crippen molar-refractivity contribution in [3.05, 3.63) is 28.6 Å². The summed E-state index contributed by atoms with van der Waals surface area (Å²) >= 11 is 3.11. The van der Waals surface area contributed by atoms with Crippen molar-refractivity contribution in [2.45, 2.75) is 18.9 Å². The third kappa shape index (κ3) is 2.86. The van der Waals surface area contributed by atoms with Gasteiger partial charge < -0.3 is 10.4 Å². The lowest BCUT2D eigenvalue weighted by Gasteiger charge is -2.31. The molecule has 0 unspecified atom stereocenters. The van der Waals surface area contributed by atoms with Crippen LogP contribution < -0.4 is 5.32 Å². The average Bonchev–Trinajstić information content (AvgIpc) is 3.01. The monoisotopic (exact) mass is 294 g/mol. The van der Waals surface area contributed by atoms with Crippen LogP contribution in [0.15, 0.2) is 22.9 Å². The van der Waals surface area contributed by atoms with Crippen LogP contribution in [0.2, 0.25) is 0 Å². The number of hydrogen-bond donors (Lipinski definition) is 2. The maximum atomic E-state index is 11.9. The van der Waals surface area contributed by atoms with E-state index < -0.39 is 0 Å². The minimum absolute atomic E-state index is 0.125. The van der Waals surface area contributed by atoms with Gasteiger partial charge in [0.05, 0.1) is 11.0 Å². The molecule has 0 bridgehead atoms. The third-order valence-corrected chi connectivity index (χ3v) is 5.11. The van der Waals surface area contributed by atoms with Gasteiger partial charge in [-0.15, -0.1) is 22.7 Å². The molecule has 1 aliphatic carbocycles. The van der Waals surface area contributed by atoms with E-state index in [9.17, 15) is 9.90 Å². The molecule has 19 heavy (non-hydrogen) atoms. The number of rotatable bonds is 4. The lowest BCUT2D eigenvalue weighted by molar-refractivity contribution is 0.0420. The van der Waals surface area contributed by atoms with Crippen LogP contribution in [0.3, 0.4) is 0 Å². The number of carbonyl (C=O) groups is 1. The number of amides is 1. The van der Waals surface area contributed by atoms with Gasteiger partial charge in [-0.05, 0) is 30.2 Å².